The molecular formula is C10H19NO3. The summed E-state index contributed by atoms with van der Waals surface area (Å²) in [6, 6.07) is -0.366. The highest BCUT2D eigenvalue weighted by atomic mass is 16.5. The summed E-state index contributed by atoms with van der Waals surface area (Å²) in [7, 11) is 1.60. The first-order valence-electron chi connectivity index (χ1n) is 4.92. The van der Waals surface area contributed by atoms with Gasteiger partial charge in [-0.25, -0.2) is 0 Å². The average Bonchev–Trinajstić information content (AvgIpc) is 2.16. The van der Waals surface area contributed by atoms with E-state index in [-0.39, 0.29) is 17.7 Å². The van der Waals surface area contributed by atoms with Gasteiger partial charge in [-0.2, -0.15) is 0 Å². The number of rotatable bonds is 7. The smallest absolute Gasteiger partial charge is 0.220 e. The minimum absolute atomic E-state index is 0.0603. The van der Waals surface area contributed by atoms with Crippen LogP contribution in [0.1, 0.15) is 33.1 Å². The number of Topliss-reactive ketones (excluding diaryl/α,β-unsaturated/α-hetero) is 1. The Morgan fingerprint density at radius 2 is 2.07 bits per heavy atom. The van der Waals surface area contributed by atoms with Crippen molar-refractivity contribution in [2.75, 3.05) is 13.7 Å². The molecule has 1 atom stereocenters. The number of hydrogen-bond donors (Lipinski definition) is 1. The molecule has 0 heterocycles. The molecule has 0 rings (SSSR count). The Balaban J connectivity index is 3.65. The summed E-state index contributed by atoms with van der Waals surface area (Å²) in [5.74, 6) is -0.0264. The highest BCUT2D eigenvalue weighted by Crippen LogP contribution is 1.94. The zero-order valence-corrected chi connectivity index (χ0v) is 9.13. The zero-order valence-electron chi connectivity index (χ0n) is 9.13. The van der Waals surface area contributed by atoms with E-state index in [0.717, 1.165) is 0 Å². The quantitative estimate of drug-likeness (QED) is 0.622. The zero-order chi connectivity index (χ0) is 11.0. The second-order valence-electron chi connectivity index (χ2n) is 3.21. The van der Waals surface area contributed by atoms with Crippen LogP contribution in [-0.4, -0.2) is 31.4 Å². The van der Waals surface area contributed by atoms with Gasteiger partial charge >= 0.3 is 0 Å². The summed E-state index contributed by atoms with van der Waals surface area (Å²) in [5.41, 5.74) is 0. The lowest BCUT2D eigenvalue weighted by Gasteiger charge is -2.11. The molecule has 0 saturated heterocycles. The van der Waals surface area contributed by atoms with Crippen molar-refractivity contribution in [1.29, 1.82) is 0 Å². The lowest BCUT2D eigenvalue weighted by Crippen LogP contribution is -2.38. The second kappa shape index (κ2) is 7.50. The summed E-state index contributed by atoms with van der Waals surface area (Å²) in [5, 5.41) is 2.65. The van der Waals surface area contributed by atoms with Gasteiger partial charge in [-0.05, 0) is 13.3 Å². The number of nitrogens with one attached hydrogen (secondary N) is 1. The van der Waals surface area contributed by atoms with E-state index in [1.54, 1.807) is 21.0 Å². The molecule has 4 heteroatoms. The number of methoxy groups -OCH3 is 1. The lowest BCUT2D eigenvalue weighted by molar-refractivity contribution is -0.127. The highest BCUT2D eigenvalue weighted by Gasteiger charge is 2.12. The number of hydrogen-bond acceptors (Lipinski definition) is 3. The molecule has 0 aromatic heterocycles. The van der Waals surface area contributed by atoms with Gasteiger partial charge in [-0.1, -0.05) is 6.92 Å². The Labute approximate surface area is 85.0 Å². The summed E-state index contributed by atoms with van der Waals surface area (Å²) in [6.45, 7) is 4.07. The van der Waals surface area contributed by atoms with Crippen LogP contribution in [0, 0.1) is 0 Å². The molecule has 0 saturated carbocycles. The highest BCUT2D eigenvalue weighted by molar-refractivity contribution is 5.88. The van der Waals surface area contributed by atoms with Crippen molar-refractivity contribution in [3.05, 3.63) is 0 Å². The van der Waals surface area contributed by atoms with Crippen LogP contribution in [0.3, 0.4) is 0 Å². The fraction of sp³-hybridized carbons (Fsp3) is 0.800. The maximum absolute atomic E-state index is 11.2. The summed E-state index contributed by atoms with van der Waals surface area (Å²) >= 11 is 0. The van der Waals surface area contributed by atoms with Gasteiger partial charge in [0.05, 0.1) is 6.04 Å². The molecule has 4 nitrogen and oxygen atoms in total. The monoisotopic (exact) mass is 201 g/mol. The Kier molecular flexibility index (Phi) is 7.02. The molecule has 1 unspecified atom stereocenters. The van der Waals surface area contributed by atoms with E-state index >= 15 is 0 Å². The van der Waals surface area contributed by atoms with Crippen molar-refractivity contribution in [3.63, 3.8) is 0 Å². The third-order valence-corrected chi connectivity index (χ3v) is 1.96. The molecule has 1 amide bonds. The van der Waals surface area contributed by atoms with E-state index in [4.69, 9.17) is 4.74 Å². The van der Waals surface area contributed by atoms with E-state index in [1.165, 1.54) is 0 Å². The normalized spacial score (nSPS) is 12.2. The van der Waals surface area contributed by atoms with Gasteiger partial charge in [0.25, 0.3) is 0 Å². The first-order valence-corrected chi connectivity index (χ1v) is 4.92. The standard InChI is InChI=1S/C10H19NO3/c1-4-9(12)8(2)11-10(13)6-5-7-14-3/h8H,4-7H2,1-3H3,(H,11,13). The van der Waals surface area contributed by atoms with Crippen molar-refractivity contribution in [2.24, 2.45) is 0 Å². The van der Waals surface area contributed by atoms with Gasteiger partial charge in [0.2, 0.25) is 5.91 Å². The first-order chi connectivity index (χ1) is 6.61. The predicted octanol–water partition coefficient (Wildman–Crippen LogP) is 0.897. The molecular weight excluding hydrogens is 182 g/mol. The van der Waals surface area contributed by atoms with Crippen molar-refractivity contribution >= 4 is 11.7 Å². The van der Waals surface area contributed by atoms with Gasteiger partial charge < -0.3 is 10.1 Å². The minimum atomic E-state index is -0.366. The lowest BCUT2D eigenvalue weighted by atomic mass is 10.1. The Bertz CT molecular complexity index is 192. The van der Waals surface area contributed by atoms with Crippen LogP contribution >= 0.6 is 0 Å². The predicted molar refractivity (Wildman–Crippen MR) is 54.0 cm³/mol. The van der Waals surface area contributed by atoms with Crippen LogP contribution < -0.4 is 5.32 Å². The molecule has 0 spiro atoms. The van der Waals surface area contributed by atoms with Crippen LogP contribution in [0.25, 0.3) is 0 Å². The van der Waals surface area contributed by atoms with E-state index in [1.807, 2.05) is 0 Å². The third-order valence-electron chi connectivity index (χ3n) is 1.96. The van der Waals surface area contributed by atoms with Gasteiger partial charge in [-0.3, -0.25) is 9.59 Å². The van der Waals surface area contributed by atoms with Crippen LogP contribution in [0.2, 0.25) is 0 Å². The summed E-state index contributed by atoms with van der Waals surface area (Å²) < 4.78 is 4.82. The molecule has 82 valence electrons. The number of ether oxygens (including phenoxy) is 1. The largest absolute Gasteiger partial charge is 0.385 e. The molecule has 14 heavy (non-hydrogen) atoms. The van der Waals surface area contributed by atoms with Gasteiger partial charge in [0.1, 0.15) is 0 Å². The molecule has 0 aromatic rings. The van der Waals surface area contributed by atoms with Gasteiger partial charge in [-0.15, -0.1) is 0 Å². The van der Waals surface area contributed by atoms with Gasteiger partial charge in [0, 0.05) is 26.6 Å². The van der Waals surface area contributed by atoms with E-state index in [0.29, 0.717) is 25.9 Å². The van der Waals surface area contributed by atoms with Gasteiger partial charge in [0.15, 0.2) is 5.78 Å². The molecule has 0 bridgehead atoms. The SMILES string of the molecule is CCC(=O)C(C)NC(=O)CCCOC. The molecule has 0 aliphatic rings. The summed E-state index contributed by atoms with van der Waals surface area (Å²) in [4.78, 5) is 22.4. The number of carbonyl (C=O) groups is 2. The fourth-order valence-corrected chi connectivity index (χ4v) is 1.08. The number of carbonyl (C=O) groups excluding carboxylic acids is 2. The summed E-state index contributed by atoms with van der Waals surface area (Å²) in [6.07, 6.45) is 1.56. The van der Waals surface area contributed by atoms with Crippen LogP contribution in [0.4, 0.5) is 0 Å². The second-order valence-corrected chi connectivity index (χ2v) is 3.21. The molecule has 1 N–H and O–H groups in total. The number of amides is 1. The molecule has 0 radical (unpaired) electrons. The van der Waals surface area contributed by atoms with Crippen molar-refractivity contribution in [2.45, 2.75) is 39.2 Å². The minimum Gasteiger partial charge on any atom is -0.385 e. The Morgan fingerprint density at radius 3 is 2.57 bits per heavy atom. The van der Waals surface area contributed by atoms with E-state index in [9.17, 15) is 9.59 Å². The Morgan fingerprint density at radius 1 is 1.43 bits per heavy atom. The first kappa shape index (κ1) is 13.1. The topological polar surface area (TPSA) is 55.4 Å². The molecule has 0 aliphatic heterocycles. The van der Waals surface area contributed by atoms with Crippen molar-refractivity contribution < 1.29 is 14.3 Å². The molecule has 0 aromatic carbocycles. The Hall–Kier alpha value is -0.900. The maximum Gasteiger partial charge on any atom is 0.220 e. The van der Waals surface area contributed by atoms with Crippen LogP contribution in [0.15, 0.2) is 0 Å². The van der Waals surface area contributed by atoms with Crippen LogP contribution in [0.5, 0.6) is 0 Å². The maximum atomic E-state index is 11.2. The number of ketones is 1. The molecule has 0 fully saturated rings. The van der Waals surface area contributed by atoms with E-state index in [2.05, 4.69) is 5.32 Å². The van der Waals surface area contributed by atoms with Crippen molar-refractivity contribution in [1.82, 2.24) is 5.32 Å². The van der Waals surface area contributed by atoms with Crippen molar-refractivity contribution in [3.8, 4) is 0 Å². The average molecular weight is 201 g/mol. The third kappa shape index (κ3) is 5.70. The fourth-order valence-electron chi connectivity index (χ4n) is 1.08. The molecule has 0 aliphatic carbocycles. The van der Waals surface area contributed by atoms with Crippen LogP contribution in [-0.2, 0) is 14.3 Å². The van der Waals surface area contributed by atoms with E-state index < -0.39 is 0 Å².